The standard InChI is InChI=1S/C17H19ClF3N5O2/c18-10-4-17(21,8-22-5-10)9-25-16(28)26-13(2-1-3-14(26)23-25)15(27)24-6-11(19)12(20)7-24/h4-5,11-13H,1-3,6-9H2/t11-,12-,13+,17?/m1/s1. The van der Waals surface area contributed by atoms with Crippen molar-refractivity contribution in [3.63, 3.8) is 0 Å². The first-order chi connectivity index (χ1) is 13.3. The third kappa shape index (κ3) is 3.38. The normalized spacial score (nSPS) is 32.4. The Hall–Kier alpha value is -2.10. The maximum absolute atomic E-state index is 15.0. The van der Waals surface area contributed by atoms with Crippen LogP contribution in [-0.2, 0) is 17.8 Å². The Balaban J connectivity index is 1.61. The number of likely N-dealkylation sites (tertiary alicyclic amines) is 1. The van der Waals surface area contributed by atoms with E-state index in [0.717, 1.165) is 9.58 Å². The van der Waals surface area contributed by atoms with E-state index in [0.29, 0.717) is 25.1 Å². The fourth-order valence-corrected chi connectivity index (χ4v) is 4.21. The SMILES string of the molecule is O=C([C@@H]1CCCc2nn(CC3(F)C=C(Cl)C=NC3)c(=O)n21)N1C[C@@H](F)[C@H](F)C1. The van der Waals surface area contributed by atoms with Crippen molar-refractivity contribution in [1.82, 2.24) is 19.2 Å². The lowest BCUT2D eigenvalue weighted by molar-refractivity contribution is -0.134. The molecule has 1 saturated heterocycles. The molecule has 3 aliphatic rings. The average molecular weight is 418 g/mol. The van der Waals surface area contributed by atoms with Gasteiger partial charge >= 0.3 is 5.69 Å². The highest BCUT2D eigenvalue weighted by molar-refractivity contribution is 6.39. The molecule has 7 nitrogen and oxygen atoms in total. The maximum atomic E-state index is 15.0. The summed E-state index contributed by atoms with van der Waals surface area (Å²) in [4.78, 5) is 30.6. The second-order valence-electron chi connectivity index (χ2n) is 7.44. The van der Waals surface area contributed by atoms with Crippen LogP contribution >= 0.6 is 11.6 Å². The highest BCUT2D eigenvalue weighted by Gasteiger charge is 2.41. The molecule has 0 radical (unpaired) electrons. The Morgan fingerprint density at radius 3 is 2.71 bits per heavy atom. The van der Waals surface area contributed by atoms with Gasteiger partial charge in [0.05, 0.1) is 31.2 Å². The number of allylic oxidation sites excluding steroid dienone is 1. The van der Waals surface area contributed by atoms with Crippen LogP contribution in [0.3, 0.4) is 0 Å². The molecule has 0 saturated carbocycles. The number of alkyl halides is 3. The molecular formula is C17H19ClF3N5O2. The van der Waals surface area contributed by atoms with Gasteiger partial charge < -0.3 is 4.90 Å². The zero-order valence-corrected chi connectivity index (χ0v) is 15.7. The molecule has 28 heavy (non-hydrogen) atoms. The van der Waals surface area contributed by atoms with Gasteiger partial charge in [-0.2, -0.15) is 5.10 Å². The van der Waals surface area contributed by atoms with E-state index >= 15 is 0 Å². The number of carbonyl (C=O) groups is 1. The largest absolute Gasteiger partial charge is 0.346 e. The van der Waals surface area contributed by atoms with Gasteiger partial charge in [-0.25, -0.2) is 22.6 Å². The van der Waals surface area contributed by atoms with Crippen molar-refractivity contribution in [3.8, 4) is 0 Å². The van der Waals surface area contributed by atoms with Gasteiger partial charge in [0.1, 0.15) is 11.9 Å². The number of halogens is 4. The minimum Gasteiger partial charge on any atom is -0.335 e. The van der Waals surface area contributed by atoms with Gasteiger partial charge in [-0.05, 0) is 18.9 Å². The molecule has 0 spiro atoms. The smallest absolute Gasteiger partial charge is 0.335 e. The molecule has 0 N–H and O–H groups in total. The Bertz CT molecular complexity index is 903. The van der Waals surface area contributed by atoms with Crippen LogP contribution in [0.15, 0.2) is 20.9 Å². The van der Waals surface area contributed by atoms with Gasteiger partial charge in [-0.1, -0.05) is 11.6 Å². The van der Waals surface area contributed by atoms with Crippen LogP contribution in [0.25, 0.3) is 0 Å². The molecule has 0 aliphatic carbocycles. The van der Waals surface area contributed by atoms with E-state index in [4.69, 9.17) is 11.6 Å². The molecule has 0 bridgehead atoms. The Morgan fingerprint density at radius 1 is 1.32 bits per heavy atom. The highest BCUT2D eigenvalue weighted by atomic mass is 35.5. The predicted molar refractivity (Wildman–Crippen MR) is 96.0 cm³/mol. The second kappa shape index (κ2) is 7.06. The minimum absolute atomic E-state index is 0.134. The summed E-state index contributed by atoms with van der Waals surface area (Å²) in [5, 5.41) is 4.32. The van der Waals surface area contributed by atoms with Crippen molar-refractivity contribution in [2.75, 3.05) is 19.6 Å². The number of aliphatic imine (C=N–C) groups is 1. The van der Waals surface area contributed by atoms with Crippen LogP contribution in [-0.4, -0.2) is 69.0 Å². The quantitative estimate of drug-likeness (QED) is 0.745. The summed E-state index contributed by atoms with van der Waals surface area (Å²) in [5.41, 5.74) is -2.59. The molecule has 1 fully saturated rings. The molecular weight excluding hydrogens is 399 g/mol. The molecule has 11 heteroatoms. The number of carbonyl (C=O) groups excluding carboxylic acids is 1. The second-order valence-corrected chi connectivity index (χ2v) is 7.88. The molecule has 1 unspecified atom stereocenters. The maximum Gasteiger partial charge on any atom is 0.346 e. The van der Waals surface area contributed by atoms with Gasteiger partial charge in [0.2, 0.25) is 5.91 Å². The fourth-order valence-electron chi connectivity index (χ4n) is 3.94. The molecule has 4 heterocycles. The molecule has 152 valence electrons. The number of aromatic nitrogens is 3. The molecule has 1 amide bonds. The zero-order valence-electron chi connectivity index (χ0n) is 14.9. The zero-order chi connectivity index (χ0) is 20.1. The van der Waals surface area contributed by atoms with Crippen molar-refractivity contribution >= 4 is 23.7 Å². The van der Waals surface area contributed by atoms with Gasteiger partial charge in [0, 0.05) is 12.6 Å². The lowest BCUT2D eigenvalue weighted by atomic mass is 10.0. The summed E-state index contributed by atoms with van der Waals surface area (Å²) in [7, 11) is 0. The Morgan fingerprint density at radius 2 is 2.04 bits per heavy atom. The van der Waals surface area contributed by atoms with E-state index in [2.05, 4.69) is 10.1 Å². The van der Waals surface area contributed by atoms with Crippen LogP contribution in [0.5, 0.6) is 0 Å². The van der Waals surface area contributed by atoms with Crippen LogP contribution in [0.1, 0.15) is 24.7 Å². The minimum atomic E-state index is -1.96. The summed E-state index contributed by atoms with van der Waals surface area (Å²) in [6, 6.07) is -0.887. The van der Waals surface area contributed by atoms with Gasteiger partial charge in [-0.15, -0.1) is 0 Å². The Labute approximate surface area is 163 Å². The first-order valence-electron chi connectivity index (χ1n) is 9.10. The van der Waals surface area contributed by atoms with E-state index in [1.165, 1.54) is 16.9 Å². The van der Waals surface area contributed by atoms with Crippen LogP contribution < -0.4 is 5.69 Å². The van der Waals surface area contributed by atoms with Crippen molar-refractivity contribution in [2.24, 2.45) is 4.99 Å². The van der Waals surface area contributed by atoms with Crippen molar-refractivity contribution in [2.45, 2.75) is 49.9 Å². The first-order valence-corrected chi connectivity index (χ1v) is 9.47. The van der Waals surface area contributed by atoms with E-state index in [1.54, 1.807) is 0 Å². The summed E-state index contributed by atoms with van der Waals surface area (Å²) in [5.74, 6) is -0.147. The predicted octanol–water partition coefficient (Wildman–Crippen LogP) is 1.36. The van der Waals surface area contributed by atoms with Crippen molar-refractivity contribution < 1.29 is 18.0 Å². The Kier molecular flexibility index (Phi) is 4.84. The number of aryl methyl sites for hydroxylation is 1. The monoisotopic (exact) mass is 417 g/mol. The molecule has 3 aliphatic heterocycles. The number of dihydropyridines is 1. The van der Waals surface area contributed by atoms with E-state index in [1.807, 2.05) is 0 Å². The van der Waals surface area contributed by atoms with E-state index in [9.17, 15) is 22.8 Å². The van der Waals surface area contributed by atoms with E-state index < -0.39 is 35.7 Å². The average Bonchev–Trinajstić information content (AvgIpc) is 3.13. The lowest BCUT2D eigenvalue weighted by Gasteiger charge is -2.26. The number of nitrogens with zero attached hydrogens (tertiary/aromatic N) is 5. The topological polar surface area (TPSA) is 72.5 Å². The number of hydrogen-bond acceptors (Lipinski definition) is 4. The highest BCUT2D eigenvalue weighted by Crippen LogP contribution is 2.28. The third-order valence-corrected chi connectivity index (χ3v) is 5.49. The van der Waals surface area contributed by atoms with Crippen LogP contribution in [0.2, 0.25) is 0 Å². The van der Waals surface area contributed by atoms with Crippen LogP contribution in [0.4, 0.5) is 13.2 Å². The summed E-state index contributed by atoms with van der Waals surface area (Å²) in [6.45, 7) is -1.24. The number of hydrogen-bond donors (Lipinski definition) is 0. The summed E-state index contributed by atoms with van der Waals surface area (Å²) in [6.07, 6.45) is 0.484. The summed E-state index contributed by atoms with van der Waals surface area (Å²) >= 11 is 5.82. The molecule has 1 aromatic rings. The number of amides is 1. The summed E-state index contributed by atoms with van der Waals surface area (Å²) < 4.78 is 44.2. The van der Waals surface area contributed by atoms with Gasteiger partial charge in [0.25, 0.3) is 0 Å². The molecule has 4 atom stereocenters. The number of fused-ring (bicyclic) bond motifs is 1. The molecule has 1 aromatic heterocycles. The van der Waals surface area contributed by atoms with Gasteiger partial charge in [-0.3, -0.25) is 14.4 Å². The van der Waals surface area contributed by atoms with E-state index in [-0.39, 0.29) is 31.2 Å². The first kappa shape index (κ1) is 19.2. The van der Waals surface area contributed by atoms with Crippen molar-refractivity contribution in [3.05, 3.63) is 27.4 Å². The number of rotatable bonds is 3. The van der Waals surface area contributed by atoms with Gasteiger partial charge in [0.15, 0.2) is 18.0 Å². The lowest BCUT2D eigenvalue weighted by Crippen LogP contribution is -2.43. The third-order valence-electron chi connectivity index (χ3n) is 5.29. The fraction of sp³-hybridized carbons (Fsp3) is 0.647. The molecule has 0 aromatic carbocycles. The van der Waals surface area contributed by atoms with Crippen molar-refractivity contribution in [1.29, 1.82) is 0 Å². The molecule has 4 rings (SSSR count). The van der Waals surface area contributed by atoms with Crippen LogP contribution in [0, 0.1) is 0 Å².